The van der Waals surface area contributed by atoms with E-state index in [2.05, 4.69) is 9.97 Å². The number of H-pyrrole nitrogens is 1. The minimum atomic E-state index is -0.317. The summed E-state index contributed by atoms with van der Waals surface area (Å²) >= 11 is 0. The number of nitrogens with zero attached hydrogens (tertiary/aromatic N) is 1. The van der Waals surface area contributed by atoms with Crippen LogP contribution in [0.4, 0.5) is 0 Å². The first-order valence-electron chi connectivity index (χ1n) is 4.84. The van der Waals surface area contributed by atoms with Gasteiger partial charge in [0.25, 0.3) is 0 Å². The van der Waals surface area contributed by atoms with E-state index in [9.17, 15) is 4.79 Å². The maximum absolute atomic E-state index is 11.5. The first-order chi connectivity index (χ1) is 6.97. The van der Waals surface area contributed by atoms with Gasteiger partial charge in [0, 0.05) is 0 Å². The summed E-state index contributed by atoms with van der Waals surface area (Å²) in [4.78, 5) is 18.3. The number of nitrogens with one attached hydrogen (secondary N) is 2. The molecule has 1 heterocycles. The van der Waals surface area contributed by atoms with Crippen molar-refractivity contribution in [2.45, 2.75) is 26.8 Å². The fourth-order valence-electron chi connectivity index (χ4n) is 1.33. The topological polar surface area (TPSA) is 95.6 Å². The molecule has 5 nitrogen and oxygen atoms in total. The molecule has 0 saturated heterocycles. The summed E-state index contributed by atoms with van der Waals surface area (Å²) in [6, 6.07) is -0.317. The zero-order chi connectivity index (χ0) is 11.6. The van der Waals surface area contributed by atoms with Crippen molar-refractivity contribution in [3.63, 3.8) is 0 Å². The Balaban J connectivity index is 3.39. The van der Waals surface area contributed by atoms with Crippen molar-refractivity contribution in [2.75, 3.05) is 0 Å². The normalized spacial score (nSPS) is 12.6. The first-order valence-corrected chi connectivity index (χ1v) is 4.84. The third kappa shape index (κ3) is 2.39. The fourth-order valence-corrected chi connectivity index (χ4v) is 1.33. The van der Waals surface area contributed by atoms with E-state index in [0.717, 1.165) is 7.07 Å². The Morgan fingerprint density at radius 3 is 2.60 bits per heavy atom. The van der Waals surface area contributed by atoms with Gasteiger partial charge >= 0.3 is 88.2 Å². The fraction of sp³-hybridized carbons (Fsp3) is 0.556. The van der Waals surface area contributed by atoms with Gasteiger partial charge < -0.3 is 0 Å². The summed E-state index contributed by atoms with van der Waals surface area (Å²) in [5.74, 6) is 0.703. The van der Waals surface area contributed by atoms with Crippen LogP contribution in [0.15, 0.2) is 4.79 Å². The summed E-state index contributed by atoms with van der Waals surface area (Å²) in [6.07, 6.45) is 0. The van der Waals surface area contributed by atoms with Crippen LogP contribution in [-0.4, -0.2) is 17.0 Å². The third-order valence-corrected chi connectivity index (χ3v) is 2.28. The maximum atomic E-state index is 11.5. The van der Waals surface area contributed by atoms with E-state index in [1.54, 1.807) is 6.92 Å². The molecule has 0 radical (unpaired) electrons. The van der Waals surface area contributed by atoms with Crippen LogP contribution in [0.25, 0.3) is 0 Å². The Kier molecular flexibility index (Phi) is 3.52. The van der Waals surface area contributed by atoms with E-state index in [1.165, 1.54) is 0 Å². The van der Waals surface area contributed by atoms with Gasteiger partial charge in [0.2, 0.25) is 0 Å². The molecule has 0 fully saturated rings. The summed E-state index contributed by atoms with van der Waals surface area (Å²) in [6.45, 7) is 5.61. The van der Waals surface area contributed by atoms with Crippen molar-refractivity contribution in [1.82, 2.24) is 9.97 Å². The Labute approximate surface area is 88.9 Å². The van der Waals surface area contributed by atoms with E-state index >= 15 is 0 Å². The quantitative estimate of drug-likeness (QED) is 0.599. The number of rotatable bonds is 3. The molecule has 0 saturated carbocycles. The molecule has 6 heteroatoms. The average Bonchev–Trinajstić information content (AvgIpc) is 2.15. The number of hydrogen-bond acceptors (Lipinski definition) is 4. The summed E-state index contributed by atoms with van der Waals surface area (Å²) in [7, 11) is 1.00. The SMILES string of the molecule is Cc1nc(C(N)C(C)C)c(B=N)c(=O)[nH]1. The van der Waals surface area contributed by atoms with Crippen LogP contribution in [-0.2, 0) is 0 Å². The second-order valence-corrected chi connectivity index (χ2v) is 3.86. The molecule has 1 aromatic heterocycles. The van der Waals surface area contributed by atoms with Crippen LogP contribution in [0.3, 0.4) is 0 Å². The number of aryl methyl sites for hydroxylation is 1. The van der Waals surface area contributed by atoms with Crippen molar-refractivity contribution in [3.8, 4) is 0 Å². The Hall–Kier alpha value is -1.30. The zero-order valence-corrected chi connectivity index (χ0v) is 9.16. The van der Waals surface area contributed by atoms with E-state index in [0.29, 0.717) is 11.5 Å². The number of nitrogens with two attached hydrogens (primary N) is 1. The number of aromatic nitrogens is 2. The Bertz CT molecular complexity index is 427. The predicted octanol–water partition coefficient (Wildman–Crippen LogP) is -0.174. The van der Waals surface area contributed by atoms with E-state index in [1.807, 2.05) is 13.8 Å². The monoisotopic (exact) mass is 206 g/mol. The molecule has 1 rings (SSSR count). The Morgan fingerprint density at radius 2 is 2.13 bits per heavy atom. The molecule has 1 unspecified atom stereocenters. The molecule has 0 aliphatic heterocycles. The molecule has 4 N–H and O–H groups in total. The van der Waals surface area contributed by atoms with Crippen molar-refractivity contribution >= 4 is 12.5 Å². The van der Waals surface area contributed by atoms with Crippen LogP contribution in [0.5, 0.6) is 0 Å². The summed E-state index contributed by atoms with van der Waals surface area (Å²) in [5, 5.41) is 7.19. The summed E-state index contributed by atoms with van der Waals surface area (Å²) < 4.78 is 0. The van der Waals surface area contributed by atoms with Crippen LogP contribution in [0.1, 0.15) is 31.4 Å². The predicted molar refractivity (Wildman–Crippen MR) is 59.5 cm³/mol. The number of hydrogen-bond donors (Lipinski definition) is 3. The Morgan fingerprint density at radius 1 is 1.53 bits per heavy atom. The van der Waals surface area contributed by atoms with Gasteiger partial charge in [-0.1, -0.05) is 0 Å². The second-order valence-electron chi connectivity index (χ2n) is 3.86. The molecule has 1 atom stereocenters. The van der Waals surface area contributed by atoms with Gasteiger partial charge in [0.1, 0.15) is 0 Å². The van der Waals surface area contributed by atoms with Gasteiger partial charge in [-0.3, -0.25) is 0 Å². The molecule has 15 heavy (non-hydrogen) atoms. The van der Waals surface area contributed by atoms with Crippen molar-refractivity contribution in [1.29, 1.82) is 5.31 Å². The van der Waals surface area contributed by atoms with Crippen molar-refractivity contribution in [2.24, 2.45) is 11.7 Å². The standard InChI is InChI=1S/C9H15BN4O/c1-4(2)7(11)8-6(10-12)9(15)14-5(3)13-8/h4,7,12H,11H2,1-3H3,(H,13,14,15). The van der Waals surface area contributed by atoms with E-state index < -0.39 is 0 Å². The average molecular weight is 206 g/mol. The molecule has 80 valence electrons. The third-order valence-electron chi connectivity index (χ3n) is 2.28. The van der Waals surface area contributed by atoms with Gasteiger partial charge in [-0.15, -0.1) is 0 Å². The second kappa shape index (κ2) is 4.48. The van der Waals surface area contributed by atoms with Crippen LogP contribution in [0.2, 0.25) is 0 Å². The molecule has 0 aliphatic rings. The molecule has 0 aromatic carbocycles. The molecular formula is C9H15BN4O. The van der Waals surface area contributed by atoms with Gasteiger partial charge in [-0.25, -0.2) is 0 Å². The summed E-state index contributed by atoms with van der Waals surface area (Å²) in [5.41, 5.74) is 6.38. The van der Waals surface area contributed by atoms with Crippen molar-refractivity contribution in [3.05, 3.63) is 21.9 Å². The van der Waals surface area contributed by atoms with Gasteiger partial charge in [0.05, 0.1) is 0 Å². The van der Waals surface area contributed by atoms with E-state index in [-0.39, 0.29) is 23.0 Å². The molecule has 1 aromatic rings. The van der Waals surface area contributed by atoms with Gasteiger partial charge in [0.15, 0.2) is 0 Å². The molecule has 0 amide bonds. The zero-order valence-electron chi connectivity index (χ0n) is 9.16. The molecule has 0 bridgehead atoms. The van der Waals surface area contributed by atoms with Crippen LogP contribution < -0.4 is 16.8 Å². The van der Waals surface area contributed by atoms with Crippen LogP contribution >= 0.6 is 0 Å². The van der Waals surface area contributed by atoms with E-state index in [4.69, 9.17) is 11.0 Å². The first kappa shape index (κ1) is 11.8. The molecule has 0 aliphatic carbocycles. The molecular weight excluding hydrogens is 191 g/mol. The molecule has 0 spiro atoms. The van der Waals surface area contributed by atoms with Crippen molar-refractivity contribution < 1.29 is 0 Å². The van der Waals surface area contributed by atoms with Gasteiger partial charge in [-0.2, -0.15) is 0 Å². The minimum absolute atomic E-state index is 0.178. The van der Waals surface area contributed by atoms with Crippen LogP contribution in [0, 0.1) is 18.2 Å². The number of aromatic amines is 1. The van der Waals surface area contributed by atoms with Gasteiger partial charge in [-0.05, 0) is 0 Å².